The molecule has 0 amide bonds. The van der Waals surface area contributed by atoms with Crippen molar-refractivity contribution in [1.82, 2.24) is 0 Å². The molecule has 114 valence electrons. The SMILES string of the molecule is Brc1cccs1.CCCC.CCCC.CCCC.[Sn]. The molecule has 0 N–H and O–H groups in total. The Balaban J connectivity index is -0.0000000796. The van der Waals surface area contributed by atoms with E-state index in [1.54, 1.807) is 11.3 Å². The third-order valence-electron chi connectivity index (χ3n) is 1.99. The summed E-state index contributed by atoms with van der Waals surface area (Å²) in [4.78, 5) is 0. The molecule has 3 heteroatoms. The minimum atomic E-state index is 0. The van der Waals surface area contributed by atoms with Crippen molar-refractivity contribution in [1.29, 1.82) is 0 Å². The van der Waals surface area contributed by atoms with E-state index in [9.17, 15) is 0 Å². The van der Waals surface area contributed by atoms with Crippen LogP contribution >= 0.6 is 27.3 Å². The van der Waals surface area contributed by atoms with Gasteiger partial charge < -0.3 is 0 Å². The first-order chi connectivity index (χ1) is 8.64. The van der Waals surface area contributed by atoms with Gasteiger partial charge in [0.25, 0.3) is 0 Å². The van der Waals surface area contributed by atoms with Gasteiger partial charge in [0.1, 0.15) is 0 Å². The summed E-state index contributed by atoms with van der Waals surface area (Å²) in [6.07, 6.45) is 7.92. The Kier molecular flexibility index (Phi) is 46.6. The number of rotatable bonds is 3. The minimum absolute atomic E-state index is 0. The Hall–Kier alpha value is 0.979. The molecule has 0 spiro atoms. The van der Waals surface area contributed by atoms with Crippen molar-refractivity contribution in [3.05, 3.63) is 21.3 Å². The zero-order chi connectivity index (χ0) is 14.6. The van der Waals surface area contributed by atoms with Crippen molar-refractivity contribution in [2.24, 2.45) is 0 Å². The normalized spacial score (nSPS) is 7.53. The van der Waals surface area contributed by atoms with E-state index in [1.807, 2.05) is 17.5 Å². The fraction of sp³-hybridized carbons (Fsp3) is 0.750. The summed E-state index contributed by atoms with van der Waals surface area (Å²) in [5.74, 6) is 0. The van der Waals surface area contributed by atoms with Crippen molar-refractivity contribution in [2.75, 3.05) is 0 Å². The largest absolute Gasteiger partial charge is 0.137 e. The first-order valence-electron chi connectivity index (χ1n) is 7.33. The second kappa shape index (κ2) is 31.4. The summed E-state index contributed by atoms with van der Waals surface area (Å²) in [6, 6.07) is 4.03. The molecule has 0 aliphatic rings. The molecule has 0 fully saturated rings. The Labute approximate surface area is 151 Å². The van der Waals surface area contributed by atoms with Crippen LogP contribution in [-0.2, 0) is 0 Å². The molecule has 0 nitrogen and oxygen atoms in total. The molecule has 0 aliphatic carbocycles. The minimum Gasteiger partial charge on any atom is -0.137 e. The first-order valence-corrected chi connectivity index (χ1v) is 9.00. The predicted octanol–water partition coefficient (Wildman–Crippen LogP) is 7.55. The van der Waals surface area contributed by atoms with E-state index in [0.29, 0.717) is 0 Å². The van der Waals surface area contributed by atoms with Crippen LogP contribution in [0.4, 0.5) is 0 Å². The van der Waals surface area contributed by atoms with Crippen LogP contribution in [0.3, 0.4) is 0 Å². The monoisotopic (exact) mass is 456 g/mol. The first kappa shape index (κ1) is 28.2. The van der Waals surface area contributed by atoms with Gasteiger partial charge in [-0.1, -0.05) is 86.1 Å². The number of hydrogen-bond donors (Lipinski definition) is 0. The van der Waals surface area contributed by atoms with Crippen LogP contribution in [-0.4, -0.2) is 23.9 Å². The molecule has 0 saturated carbocycles. The molecular formula is C16H33BrSSn. The Morgan fingerprint density at radius 1 is 0.789 bits per heavy atom. The van der Waals surface area contributed by atoms with Crippen LogP contribution < -0.4 is 0 Å². The second-order valence-electron chi connectivity index (χ2n) is 3.92. The average molecular weight is 456 g/mol. The van der Waals surface area contributed by atoms with E-state index < -0.39 is 0 Å². The molecule has 1 aromatic heterocycles. The van der Waals surface area contributed by atoms with Crippen LogP contribution in [0.25, 0.3) is 0 Å². The summed E-state index contributed by atoms with van der Waals surface area (Å²) in [5.41, 5.74) is 0. The molecule has 19 heavy (non-hydrogen) atoms. The van der Waals surface area contributed by atoms with Crippen molar-refractivity contribution in [2.45, 2.75) is 80.1 Å². The van der Waals surface area contributed by atoms with E-state index in [0.717, 1.165) is 0 Å². The summed E-state index contributed by atoms with van der Waals surface area (Å²) >= 11 is 4.99. The van der Waals surface area contributed by atoms with Crippen molar-refractivity contribution in [3.63, 3.8) is 0 Å². The quantitative estimate of drug-likeness (QED) is 0.412. The number of hydrogen-bond acceptors (Lipinski definition) is 1. The van der Waals surface area contributed by atoms with Gasteiger partial charge in [-0.05, 0) is 27.4 Å². The van der Waals surface area contributed by atoms with Crippen LogP contribution in [0.5, 0.6) is 0 Å². The van der Waals surface area contributed by atoms with Gasteiger partial charge in [0.05, 0.1) is 3.79 Å². The standard InChI is InChI=1S/C4H3BrS.3C4H10.Sn/c5-4-2-1-3-6-4;3*1-3-4-2;/h1-3H;3*3-4H2,1-2H3;. The summed E-state index contributed by atoms with van der Waals surface area (Å²) in [6.45, 7) is 13.1. The van der Waals surface area contributed by atoms with Gasteiger partial charge in [-0.25, -0.2) is 0 Å². The van der Waals surface area contributed by atoms with Crippen LogP contribution in [0, 0.1) is 0 Å². The Bertz CT molecular complexity index is 173. The number of halogens is 1. The van der Waals surface area contributed by atoms with E-state index >= 15 is 0 Å². The van der Waals surface area contributed by atoms with Gasteiger partial charge in [-0.3, -0.25) is 0 Å². The predicted molar refractivity (Wildman–Crippen MR) is 99.5 cm³/mol. The van der Waals surface area contributed by atoms with Gasteiger partial charge in [0.2, 0.25) is 0 Å². The summed E-state index contributed by atoms with van der Waals surface area (Å²) in [7, 11) is 0. The Morgan fingerprint density at radius 3 is 1.16 bits per heavy atom. The smallest absolute Gasteiger partial charge is 0.0698 e. The zero-order valence-corrected chi connectivity index (χ0v) is 19.0. The fourth-order valence-corrected chi connectivity index (χ4v) is 1.18. The third-order valence-corrected chi connectivity index (χ3v) is 3.47. The molecule has 4 radical (unpaired) electrons. The Morgan fingerprint density at radius 2 is 1.11 bits per heavy atom. The number of thiophene rings is 1. The van der Waals surface area contributed by atoms with Gasteiger partial charge in [0.15, 0.2) is 0 Å². The summed E-state index contributed by atoms with van der Waals surface area (Å²) in [5, 5.41) is 2.03. The van der Waals surface area contributed by atoms with Crippen molar-refractivity contribution >= 4 is 51.2 Å². The number of unbranched alkanes of at least 4 members (excludes halogenated alkanes) is 3. The fourth-order valence-electron chi connectivity index (χ4n) is 0.259. The third kappa shape index (κ3) is 45.4. The summed E-state index contributed by atoms with van der Waals surface area (Å²) < 4.78 is 1.20. The van der Waals surface area contributed by atoms with Gasteiger partial charge in [0, 0.05) is 23.9 Å². The molecule has 0 atom stereocenters. The van der Waals surface area contributed by atoms with Gasteiger partial charge >= 0.3 is 0 Å². The average Bonchev–Trinajstić information content (AvgIpc) is 2.90. The topological polar surface area (TPSA) is 0 Å². The second-order valence-corrected chi connectivity index (χ2v) is 6.24. The van der Waals surface area contributed by atoms with E-state index in [1.165, 1.54) is 42.3 Å². The maximum absolute atomic E-state index is 3.30. The molecule has 0 aromatic carbocycles. The molecule has 0 saturated heterocycles. The molecule has 0 aliphatic heterocycles. The molecule has 0 bridgehead atoms. The van der Waals surface area contributed by atoms with Crippen molar-refractivity contribution < 1.29 is 0 Å². The molecule has 1 rings (SSSR count). The van der Waals surface area contributed by atoms with Crippen molar-refractivity contribution in [3.8, 4) is 0 Å². The molecule has 1 aromatic rings. The molecule has 1 heterocycles. The van der Waals surface area contributed by atoms with Crippen LogP contribution in [0.1, 0.15) is 80.1 Å². The molecular weight excluding hydrogens is 423 g/mol. The zero-order valence-electron chi connectivity index (χ0n) is 13.8. The van der Waals surface area contributed by atoms with Crippen LogP contribution in [0.15, 0.2) is 21.3 Å². The van der Waals surface area contributed by atoms with E-state index in [2.05, 4.69) is 57.5 Å². The maximum Gasteiger partial charge on any atom is 0.0698 e. The van der Waals surface area contributed by atoms with Gasteiger partial charge in [-0.2, -0.15) is 0 Å². The molecule has 0 unspecified atom stereocenters. The van der Waals surface area contributed by atoms with E-state index in [4.69, 9.17) is 0 Å². The van der Waals surface area contributed by atoms with E-state index in [-0.39, 0.29) is 23.9 Å². The maximum atomic E-state index is 3.30. The van der Waals surface area contributed by atoms with Crippen LogP contribution in [0.2, 0.25) is 0 Å². The van der Waals surface area contributed by atoms with Gasteiger partial charge in [-0.15, -0.1) is 11.3 Å².